The van der Waals surface area contributed by atoms with Crippen LogP contribution in [0.3, 0.4) is 0 Å². The number of nitrogens with one attached hydrogen (secondary N) is 2. The summed E-state index contributed by atoms with van der Waals surface area (Å²) >= 11 is 5.85. The van der Waals surface area contributed by atoms with Crippen molar-refractivity contribution in [1.29, 1.82) is 0 Å². The molecule has 1 aliphatic heterocycles. The summed E-state index contributed by atoms with van der Waals surface area (Å²) in [7, 11) is 1.90. The van der Waals surface area contributed by atoms with E-state index >= 15 is 0 Å². The first kappa shape index (κ1) is 18.3. The maximum absolute atomic E-state index is 12.8. The Labute approximate surface area is 156 Å². The van der Waals surface area contributed by atoms with Crippen molar-refractivity contribution in [2.75, 3.05) is 32.0 Å². The second-order valence-electron chi connectivity index (χ2n) is 6.18. The summed E-state index contributed by atoms with van der Waals surface area (Å²) in [6.45, 7) is 2.16. The van der Waals surface area contributed by atoms with Gasteiger partial charge in [0.05, 0.1) is 0 Å². The number of nitrogens with zero attached hydrogens (tertiary/aromatic N) is 3. The smallest absolute Gasteiger partial charge is 0.276 e. The zero-order valence-electron chi connectivity index (χ0n) is 14.4. The van der Waals surface area contributed by atoms with E-state index in [1.165, 1.54) is 12.4 Å². The number of amides is 2. The van der Waals surface area contributed by atoms with Crippen LogP contribution in [0.4, 0.5) is 5.69 Å². The van der Waals surface area contributed by atoms with Gasteiger partial charge in [-0.15, -0.1) is 0 Å². The average molecular weight is 374 g/mol. The molecule has 1 unspecified atom stereocenters. The van der Waals surface area contributed by atoms with Crippen LogP contribution in [-0.2, 0) is 0 Å². The number of halogens is 1. The van der Waals surface area contributed by atoms with Crippen LogP contribution in [0.25, 0.3) is 0 Å². The molecule has 0 spiro atoms. The predicted molar refractivity (Wildman–Crippen MR) is 99.4 cm³/mol. The predicted octanol–water partition coefficient (Wildman–Crippen LogP) is 2.06. The van der Waals surface area contributed by atoms with Crippen LogP contribution < -0.4 is 10.6 Å². The lowest BCUT2D eigenvalue weighted by atomic mass is 10.1. The van der Waals surface area contributed by atoms with Crippen molar-refractivity contribution in [3.05, 3.63) is 53.1 Å². The summed E-state index contributed by atoms with van der Waals surface area (Å²) in [6.07, 6.45) is 3.76. The Hall–Kier alpha value is -2.51. The van der Waals surface area contributed by atoms with Crippen LogP contribution in [0.1, 0.15) is 27.4 Å². The Kier molecular flexibility index (Phi) is 5.80. The van der Waals surface area contributed by atoms with Crippen LogP contribution in [0, 0.1) is 5.92 Å². The van der Waals surface area contributed by atoms with Gasteiger partial charge in [-0.05, 0) is 50.2 Å². The first-order valence-electron chi connectivity index (χ1n) is 8.40. The molecule has 8 heteroatoms. The molecule has 3 rings (SSSR count). The number of aromatic nitrogens is 2. The monoisotopic (exact) mass is 373 g/mol. The summed E-state index contributed by atoms with van der Waals surface area (Å²) in [5.41, 5.74) is 0.660. The standard InChI is InChI=1S/C18H20ClN5O2/c1-20-10-12-6-9-24(11-12)18(26)16-15(21-7-8-22-16)17(25)23-14-4-2-13(19)3-5-14/h2-5,7-8,12,20H,6,9-11H2,1H3,(H,23,25). The van der Waals surface area contributed by atoms with E-state index in [-0.39, 0.29) is 17.3 Å². The third-order valence-corrected chi connectivity index (χ3v) is 4.54. The van der Waals surface area contributed by atoms with Crippen LogP contribution in [-0.4, -0.2) is 53.4 Å². The third-order valence-electron chi connectivity index (χ3n) is 4.28. The van der Waals surface area contributed by atoms with Crippen molar-refractivity contribution in [2.24, 2.45) is 5.92 Å². The van der Waals surface area contributed by atoms with E-state index in [1.54, 1.807) is 29.2 Å². The van der Waals surface area contributed by atoms with Crippen molar-refractivity contribution in [1.82, 2.24) is 20.2 Å². The topological polar surface area (TPSA) is 87.2 Å². The van der Waals surface area contributed by atoms with Crippen molar-refractivity contribution in [3.8, 4) is 0 Å². The van der Waals surface area contributed by atoms with E-state index in [0.717, 1.165) is 13.0 Å². The van der Waals surface area contributed by atoms with Gasteiger partial charge in [0.15, 0.2) is 11.4 Å². The van der Waals surface area contributed by atoms with Crippen LogP contribution in [0.5, 0.6) is 0 Å². The van der Waals surface area contributed by atoms with Gasteiger partial charge < -0.3 is 15.5 Å². The fraction of sp³-hybridized carbons (Fsp3) is 0.333. The maximum atomic E-state index is 12.8. The number of rotatable bonds is 5. The van der Waals surface area contributed by atoms with Gasteiger partial charge >= 0.3 is 0 Å². The van der Waals surface area contributed by atoms with E-state index < -0.39 is 5.91 Å². The van der Waals surface area contributed by atoms with Gasteiger partial charge in [-0.1, -0.05) is 11.6 Å². The summed E-state index contributed by atoms with van der Waals surface area (Å²) in [5.74, 6) is -0.334. The molecule has 2 aromatic rings. The van der Waals surface area contributed by atoms with Crippen molar-refractivity contribution in [2.45, 2.75) is 6.42 Å². The van der Waals surface area contributed by atoms with Gasteiger partial charge in [0.1, 0.15) is 0 Å². The molecule has 2 heterocycles. The quantitative estimate of drug-likeness (QED) is 0.837. The maximum Gasteiger partial charge on any atom is 0.276 e. The highest BCUT2D eigenvalue weighted by atomic mass is 35.5. The van der Waals surface area contributed by atoms with E-state index in [4.69, 9.17) is 11.6 Å². The Bertz CT molecular complexity index is 796. The number of hydrogen-bond donors (Lipinski definition) is 2. The van der Waals surface area contributed by atoms with E-state index in [2.05, 4.69) is 20.6 Å². The molecule has 1 aliphatic rings. The third kappa shape index (κ3) is 4.17. The summed E-state index contributed by atoms with van der Waals surface area (Å²) in [5, 5.41) is 6.42. The number of likely N-dealkylation sites (tertiary alicyclic amines) is 1. The van der Waals surface area contributed by atoms with E-state index in [9.17, 15) is 9.59 Å². The van der Waals surface area contributed by atoms with Gasteiger partial charge in [-0.3, -0.25) is 9.59 Å². The molecule has 1 aromatic heterocycles. The molecule has 1 atom stereocenters. The fourth-order valence-corrected chi connectivity index (χ4v) is 3.13. The van der Waals surface area contributed by atoms with Gasteiger partial charge in [0, 0.05) is 36.2 Å². The van der Waals surface area contributed by atoms with Crippen molar-refractivity contribution in [3.63, 3.8) is 0 Å². The lowest BCUT2D eigenvalue weighted by molar-refractivity contribution is 0.0775. The number of benzene rings is 1. The Morgan fingerprint density at radius 1 is 1.19 bits per heavy atom. The van der Waals surface area contributed by atoms with E-state index in [1.807, 2.05) is 7.05 Å². The highest BCUT2D eigenvalue weighted by molar-refractivity contribution is 6.30. The normalized spacial score (nSPS) is 16.5. The zero-order chi connectivity index (χ0) is 18.5. The van der Waals surface area contributed by atoms with Gasteiger partial charge in [-0.25, -0.2) is 9.97 Å². The summed E-state index contributed by atoms with van der Waals surface area (Å²) < 4.78 is 0. The molecule has 1 fully saturated rings. The Balaban J connectivity index is 1.76. The number of anilines is 1. The summed E-state index contributed by atoms with van der Waals surface area (Å²) in [6, 6.07) is 6.71. The minimum absolute atomic E-state index is 0.0181. The molecule has 1 aromatic carbocycles. The molecule has 0 saturated carbocycles. The number of carbonyl (C=O) groups is 2. The van der Waals surface area contributed by atoms with Crippen molar-refractivity contribution >= 4 is 29.1 Å². The first-order chi connectivity index (χ1) is 12.6. The molecule has 136 valence electrons. The minimum atomic E-state index is -0.477. The SMILES string of the molecule is CNCC1CCN(C(=O)c2nccnc2C(=O)Nc2ccc(Cl)cc2)C1. The molecule has 7 nitrogen and oxygen atoms in total. The van der Waals surface area contributed by atoms with Crippen LogP contribution in [0.2, 0.25) is 5.02 Å². The first-order valence-corrected chi connectivity index (χ1v) is 8.78. The molecular weight excluding hydrogens is 354 g/mol. The van der Waals surface area contributed by atoms with Gasteiger partial charge in [0.25, 0.3) is 11.8 Å². The van der Waals surface area contributed by atoms with Crippen LogP contribution >= 0.6 is 11.6 Å². The number of carbonyl (C=O) groups excluding carboxylic acids is 2. The lowest BCUT2D eigenvalue weighted by Crippen LogP contribution is -2.33. The highest BCUT2D eigenvalue weighted by Crippen LogP contribution is 2.19. The van der Waals surface area contributed by atoms with Crippen LogP contribution in [0.15, 0.2) is 36.7 Å². The number of hydrogen-bond acceptors (Lipinski definition) is 5. The van der Waals surface area contributed by atoms with Crippen molar-refractivity contribution < 1.29 is 9.59 Å². The zero-order valence-corrected chi connectivity index (χ0v) is 15.2. The van der Waals surface area contributed by atoms with E-state index in [0.29, 0.717) is 29.7 Å². The molecule has 26 heavy (non-hydrogen) atoms. The molecule has 2 N–H and O–H groups in total. The second-order valence-corrected chi connectivity index (χ2v) is 6.61. The largest absolute Gasteiger partial charge is 0.337 e. The second kappa shape index (κ2) is 8.25. The average Bonchev–Trinajstić information content (AvgIpc) is 3.12. The molecule has 1 saturated heterocycles. The Morgan fingerprint density at radius 2 is 1.88 bits per heavy atom. The summed E-state index contributed by atoms with van der Waals surface area (Å²) in [4.78, 5) is 35.3. The lowest BCUT2D eigenvalue weighted by Gasteiger charge is -2.17. The minimum Gasteiger partial charge on any atom is -0.337 e. The molecule has 2 amide bonds. The van der Waals surface area contributed by atoms with Gasteiger partial charge in [0.2, 0.25) is 0 Å². The molecule has 0 bridgehead atoms. The molecule has 0 radical (unpaired) electrons. The fourth-order valence-electron chi connectivity index (χ4n) is 3.01. The Morgan fingerprint density at radius 3 is 2.58 bits per heavy atom. The molecule has 0 aliphatic carbocycles. The molecular formula is C18H20ClN5O2. The highest BCUT2D eigenvalue weighted by Gasteiger charge is 2.30. The van der Waals surface area contributed by atoms with Gasteiger partial charge in [-0.2, -0.15) is 0 Å².